The largest absolute Gasteiger partial charge is 0.473 e. The minimum absolute atomic E-state index is 0.0527. The van der Waals surface area contributed by atoms with Crippen molar-refractivity contribution < 1.29 is 27.8 Å². The molecule has 1 aromatic rings. The number of aliphatic hydroxyl groups is 1. The van der Waals surface area contributed by atoms with E-state index in [-0.39, 0.29) is 23.3 Å². The van der Waals surface area contributed by atoms with Crippen LogP contribution in [0.3, 0.4) is 0 Å². The molecule has 6 rings (SSSR count). The molecule has 37 heavy (non-hydrogen) atoms. The van der Waals surface area contributed by atoms with Gasteiger partial charge in [0.15, 0.2) is 0 Å². The van der Waals surface area contributed by atoms with E-state index in [1.165, 1.54) is 18.6 Å². The molecule has 0 radical (unpaired) electrons. The van der Waals surface area contributed by atoms with Crippen molar-refractivity contribution in [3.8, 4) is 6.07 Å². The maximum absolute atomic E-state index is 13.5. The molecule has 0 aromatic heterocycles. The number of nitrogens with zero attached hydrogens (tertiary/aromatic N) is 2. The summed E-state index contributed by atoms with van der Waals surface area (Å²) in [6, 6.07) is 5.19. The van der Waals surface area contributed by atoms with Gasteiger partial charge in [0, 0.05) is 5.71 Å². The molecular weight excluding hydrogens is 481 g/mol. The Balaban J connectivity index is 1.53. The molecule has 0 bridgehead atoms. The van der Waals surface area contributed by atoms with Gasteiger partial charge in [0.05, 0.1) is 53.9 Å². The van der Waals surface area contributed by atoms with Crippen LogP contribution in [-0.4, -0.2) is 28.6 Å². The van der Waals surface area contributed by atoms with Gasteiger partial charge in [-0.2, -0.15) is 18.4 Å². The summed E-state index contributed by atoms with van der Waals surface area (Å²) in [4.78, 5) is 5.22. The third-order valence-electron chi connectivity index (χ3n) is 8.85. The molecule has 3 heterocycles. The molecule has 2 spiro atoms. The van der Waals surface area contributed by atoms with Gasteiger partial charge in [-0.25, -0.2) is 0 Å². The Kier molecular flexibility index (Phi) is 5.49. The van der Waals surface area contributed by atoms with Crippen molar-refractivity contribution in [1.82, 2.24) is 0 Å². The van der Waals surface area contributed by atoms with Gasteiger partial charge in [0.2, 0.25) is 0 Å². The molecule has 194 valence electrons. The lowest BCUT2D eigenvalue weighted by Crippen LogP contribution is -2.48. The Morgan fingerprint density at radius 3 is 2.49 bits per heavy atom. The number of hydrogen-bond donors (Lipinski definition) is 1. The molecule has 5 nitrogen and oxygen atoms in total. The van der Waals surface area contributed by atoms with Crippen molar-refractivity contribution in [3.63, 3.8) is 0 Å². The van der Waals surface area contributed by atoms with Crippen LogP contribution < -0.4 is 0 Å². The van der Waals surface area contributed by atoms with Crippen molar-refractivity contribution >= 4 is 5.71 Å². The summed E-state index contributed by atoms with van der Waals surface area (Å²) in [5.41, 5.74) is 0.878. The van der Waals surface area contributed by atoms with Crippen LogP contribution in [0.4, 0.5) is 13.2 Å². The van der Waals surface area contributed by atoms with Crippen LogP contribution in [0.25, 0.3) is 0 Å². The molecule has 8 heteroatoms. The number of ether oxygens (including phenoxy) is 2. The number of aliphatic imine (C=N–C) groups is 1. The van der Waals surface area contributed by atoms with E-state index in [4.69, 9.17) is 14.5 Å². The van der Waals surface area contributed by atoms with Crippen molar-refractivity contribution in [1.29, 1.82) is 5.26 Å². The van der Waals surface area contributed by atoms with Crippen molar-refractivity contribution in [2.45, 2.75) is 76.0 Å². The topological polar surface area (TPSA) is 74.8 Å². The number of dihydropyridines is 1. The SMILES string of the molecule is CC(C)C1=NC2CC3(CCC3)C[C@H](O)C2=C2C1[C@@H](c1ccc(C(F)(F)F)c(C#N)c1)OC21C=COC=C1. The number of nitriles is 1. The highest BCUT2D eigenvalue weighted by Gasteiger charge is 2.58. The summed E-state index contributed by atoms with van der Waals surface area (Å²) in [5.74, 6) is -0.330. The van der Waals surface area contributed by atoms with Gasteiger partial charge in [-0.15, -0.1) is 0 Å². The summed E-state index contributed by atoms with van der Waals surface area (Å²) in [5, 5.41) is 21.1. The molecule has 2 aliphatic carbocycles. The van der Waals surface area contributed by atoms with Crippen LogP contribution in [-0.2, 0) is 15.7 Å². The zero-order valence-corrected chi connectivity index (χ0v) is 20.8. The predicted molar refractivity (Wildman–Crippen MR) is 130 cm³/mol. The quantitative estimate of drug-likeness (QED) is 0.484. The fourth-order valence-electron chi connectivity index (χ4n) is 7.10. The molecule has 5 aliphatic rings. The monoisotopic (exact) mass is 510 g/mol. The van der Waals surface area contributed by atoms with Crippen molar-refractivity contribution in [2.75, 3.05) is 0 Å². The fraction of sp³-hybridized carbons (Fsp3) is 0.517. The van der Waals surface area contributed by atoms with Crippen LogP contribution >= 0.6 is 0 Å². The highest BCUT2D eigenvalue weighted by atomic mass is 19.4. The Morgan fingerprint density at radius 2 is 1.89 bits per heavy atom. The second-order valence-corrected chi connectivity index (χ2v) is 11.3. The third-order valence-corrected chi connectivity index (χ3v) is 8.85. The molecule has 1 saturated heterocycles. The molecule has 4 atom stereocenters. The minimum Gasteiger partial charge on any atom is -0.473 e. The normalized spacial score (nSPS) is 31.0. The number of alkyl halides is 3. The zero-order chi connectivity index (χ0) is 26.2. The summed E-state index contributed by atoms with van der Waals surface area (Å²) in [7, 11) is 0. The average Bonchev–Trinajstić information content (AvgIpc) is 3.15. The first-order chi connectivity index (χ1) is 17.6. The van der Waals surface area contributed by atoms with E-state index in [1.807, 2.05) is 0 Å². The average molecular weight is 511 g/mol. The molecule has 2 saturated carbocycles. The number of fused-ring (bicyclic) bond motifs is 3. The number of aliphatic hydroxyl groups excluding tert-OH is 1. The lowest BCUT2D eigenvalue weighted by molar-refractivity contribution is -0.137. The molecule has 2 unspecified atom stereocenters. The summed E-state index contributed by atoms with van der Waals surface area (Å²) in [6.07, 6.45) is 5.64. The Morgan fingerprint density at radius 1 is 1.16 bits per heavy atom. The number of rotatable bonds is 2. The molecule has 0 amide bonds. The minimum atomic E-state index is -4.63. The third kappa shape index (κ3) is 3.70. The van der Waals surface area contributed by atoms with E-state index in [9.17, 15) is 23.5 Å². The van der Waals surface area contributed by atoms with Crippen molar-refractivity contribution in [2.24, 2.45) is 22.2 Å². The fourth-order valence-corrected chi connectivity index (χ4v) is 7.10. The lowest BCUT2D eigenvalue weighted by Gasteiger charge is -2.51. The molecule has 3 fully saturated rings. The van der Waals surface area contributed by atoms with Crippen LogP contribution in [0.15, 0.2) is 59.0 Å². The Bertz CT molecular complexity index is 1280. The van der Waals surface area contributed by atoms with Gasteiger partial charge in [-0.1, -0.05) is 26.3 Å². The Hall–Kier alpha value is -2.89. The second-order valence-electron chi connectivity index (χ2n) is 11.3. The van der Waals surface area contributed by atoms with Crippen LogP contribution in [0.5, 0.6) is 0 Å². The first kappa shape index (κ1) is 24.4. The maximum atomic E-state index is 13.5. The standard InChI is InChI=1S/C29H29F3N2O3/c1-16(2)25-23-24(22-20(34-25)13-27(6-3-7-27)14-21(22)35)28(8-10-36-11-9-28)37-26(23)17-4-5-19(29(30,31)32)18(12-17)15-33/h4-5,8-12,16,20-21,23,26,35H,3,6-7,13-14H2,1-2H3/t20?,21-,23?,26+/m0/s1. The van der Waals surface area contributed by atoms with Gasteiger partial charge < -0.3 is 14.6 Å². The van der Waals surface area contributed by atoms with Gasteiger partial charge in [0.25, 0.3) is 0 Å². The van der Waals surface area contributed by atoms with Gasteiger partial charge in [0.1, 0.15) is 5.60 Å². The maximum Gasteiger partial charge on any atom is 0.417 e. The summed E-state index contributed by atoms with van der Waals surface area (Å²) >= 11 is 0. The number of benzene rings is 1. The summed E-state index contributed by atoms with van der Waals surface area (Å²) < 4.78 is 52.6. The second kappa shape index (κ2) is 8.31. The van der Waals surface area contributed by atoms with Gasteiger partial charge >= 0.3 is 6.18 Å². The van der Waals surface area contributed by atoms with E-state index < -0.39 is 35.1 Å². The van der Waals surface area contributed by atoms with Crippen molar-refractivity contribution in [3.05, 3.63) is 70.7 Å². The molecular formula is C29H29F3N2O3. The van der Waals surface area contributed by atoms with Gasteiger partial charge in [-0.05, 0) is 78.0 Å². The Labute approximate surface area is 214 Å². The van der Waals surface area contributed by atoms with E-state index >= 15 is 0 Å². The van der Waals surface area contributed by atoms with E-state index in [0.717, 1.165) is 42.2 Å². The zero-order valence-electron chi connectivity index (χ0n) is 20.8. The van der Waals surface area contributed by atoms with E-state index in [1.54, 1.807) is 30.7 Å². The first-order valence-electron chi connectivity index (χ1n) is 12.9. The lowest BCUT2D eigenvalue weighted by atomic mass is 9.56. The van der Waals surface area contributed by atoms with Crippen LogP contribution in [0.2, 0.25) is 0 Å². The van der Waals surface area contributed by atoms with Gasteiger partial charge in [-0.3, -0.25) is 4.99 Å². The highest BCUT2D eigenvalue weighted by molar-refractivity contribution is 5.94. The number of halogens is 3. The number of hydrogen-bond acceptors (Lipinski definition) is 5. The molecule has 1 N–H and O–H groups in total. The van der Waals surface area contributed by atoms with E-state index in [2.05, 4.69) is 13.8 Å². The van der Waals surface area contributed by atoms with Crippen LogP contribution in [0, 0.1) is 28.6 Å². The summed E-state index contributed by atoms with van der Waals surface area (Å²) in [6.45, 7) is 4.12. The predicted octanol–water partition coefficient (Wildman–Crippen LogP) is 6.16. The molecule has 3 aliphatic heterocycles. The smallest absolute Gasteiger partial charge is 0.417 e. The first-order valence-corrected chi connectivity index (χ1v) is 12.9. The highest BCUT2D eigenvalue weighted by Crippen LogP contribution is 2.60. The molecule has 1 aromatic carbocycles. The van der Waals surface area contributed by atoms with Crippen LogP contribution in [0.1, 0.15) is 68.7 Å². The van der Waals surface area contributed by atoms with E-state index in [0.29, 0.717) is 12.0 Å².